The lowest BCUT2D eigenvalue weighted by Crippen LogP contribution is -2.48. The van der Waals surface area contributed by atoms with Crippen LogP contribution in [-0.2, 0) is 4.79 Å². The third-order valence-electron chi connectivity index (χ3n) is 3.90. The molecular weight excluding hydrogens is 148 g/mol. The predicted octanol–water partition coefficient (Wildman–Crippen LogP) is 2.57. The van der Waals surface area contributed by atoms with Gasteiger partial charge in [0.25, 0.3) is 0 Å². The van der Waals surface area contributed by atoms with Crippen LogP contribution in [0.4, 0.5) is 0 Å². The summed E-state index contributed by atoms with van der Waals surface area (Å²) in [6, 6.07) is 0. The summed E-state index contributed by atoms with van der Waals surface area (Å²) in [6.45, 7) is 4.67. The molecule has 66 valence electrons. The monoisotopic (exact) mass is 164 g/mol. The number of carbonyl (C=O) groups excluding carboxylic acids is 1. The van der Waals surface area contributed by atoms with Crippen molar-refractivity contribution in [2.45, 2.75) is 33.1 Å². The van der Waals surface area contributed by atoms with Gasteiger partial charge in [-0.05, 0) is 30.1 Å². The van der Waals surface area contributed by atoms with E-state index in [4.69, 9.17) is 0 Å². The van der Waals surface area contributed by atoms with Crippen molar-refractivity contribution in [3.8, 4) is 0 Å². The smallest absolute Gasteiger partial charge is 0.124 e. The quantitative estimate of drug-likeness (QED) is 0.453. The van der Waals surface area contributed by atoms with Crippen LogP contribution in [0.5, 0.6) is 0 Å². The molecular formula is C11H16O. The zero-order chi connectivity index (χ0) is 8.77. The molecule has 0 heterocycles. The molecule has 1 nitrogen and oxygen atoms in total. The third-order valence-corrected chi connectivity index (χ3v) is 3.90. The molecule has 0 spiro atoms. The van der Waals surface area contributed by atoms with Gasteiger partial charge in [0.1, 0.15) is 6.29 Å². The normalized spacial score (nSPS) is 36.7. The van der Waals surface area contributed by atoms with Crippen molar-refractivity contribution in [2.24, 2.45) is 17.3 Å². The molecule has 0 aliphatic heterocycles. The number of hydrogen-bond acceptors (Lipinski definition) is 1. The Bertz CT molecular complexity index is 237. The second-order valence-electron chi connectivity index (χ2n) is 4.69. The maximum absolute atomic E-state index is 10.4. The molecule has 0 N–H and O–H groups in total. The lowest BCUT2D eigenvalue weighted by atomic mass is 9.48. The van der Waals surface area contributed by atoms with Gasteiger partial charge in [0.05, 0.1) is 0 Å². The molecule has 0 saturated heterocycles. The summed E-state index contributed by atoms with van der Waals surface area (Å²) in [7, 11) is 0. The Kier molecular flexibility index (Phi) is 1.64. The molecule has 3 aliphatic rings. The summed E-state index contributed by atoms with van der Waals surface area (Å²) in [6.07, 6.45) is 6.53. The Labute approximate surface area is 73.8 Å². The molecule has 0 unspecified atom stereocenters. The number of hydrogen-bond donors (Lipinski definition) is 0. The highest BCUT2D eigenvalue weighted by Gasteiger charge is 2.50. The van der Waals surface area contributed by atoms with Crippen LogP contribution in [0, 0.1) is 17.3 Å². The van der Waals surface area contributed by atoms with Gasteiger partial charge >= 0.3 is 0 Å². The van der Waals surface area contributed by atoms with Crippen molar-refractivity contribution in [1.82, 2.24) is 0 Å². The minimum absolute atomic E-state index is 0.479. The van der Waals surface area contributed by atoms with Crippen LogP contribution in [-0.4, -0.2) is 6.29 Å². The minimum Gasteiger partial charge on any atom is -0.303 e. The summed E-state index contributed by atoms with van der Waals surface area (Å²) >= 11 is 0. The highest BCUT2D eigenvalue weighted by atomic mass is 16.1. The second-order valence-corrected chi connectivity index (χ2v) is 4.69. The van der Waals surface area contributed by atoms with Crippen molar-refractivity contribution < 1.29 is 4.79 Å². The molecule has 0 aromatic heterocycles. The molecule has 3 rings (SSSR count). The molecule has 12 heavy (non-hydrogen) atoms. The topological polar surface area (TPSA) is 17.1 Å². The lowest BCUT2D eigenvalue weighted by Gasteiger charge is -2.56. The summed E-state index contributed by atoms with van der Waals surface area (Å²) in [5.74, 6) is 1.60. The number of aldehydes is 1. The minimum atomic E-state index is 0.479. The zero-order valence-electron chi connectivity index (χ0n) is 7.84. The van der Waals surface area contributed by atoms with E-state index in [1.165, 1.54) is 18.4 Å². The number of rotatable bonds is 2. The van der Waals surface area contributed by atoms with Gasteiger partial charge in [-0.15, -0.1) is 0 Å². The van der Waals surface area contributed by atoms with Gasteiger partial charge < -0.3 is 4.79 Å². The molecule has 0 aromatic rings. The maximum atomic E-state index is 10.4. The van der Waals surface area contributed by atoms with E-state index >= 15 is 0 Å². The fourth-order valence-corrected chi connectivity index (χ4v) is 2.80. The second kappa shape index (κ2) is 2.45. The van der Waals surface area contributed by atoms with Gasteiger partial charge in [-0.1, -0.05) is 25.5 Å². The first kappa shape index (κ1) is 8.03. The number of carbonyl (C=O) groups is 1. The maximum Gasteiger partial charge on any atom is 0.124 e. The van der Waals surface area contributed by atoms with E-state index in [1.54, 1.807) is 0 Å². The van der Waals surface area contributed by atoms with E-state index in [-0.39, 0.29) is 0 Å². The van der Waals surface area contributed by atoms with Crippen molar-refractivity contribution >= 4 is 6.29 Å². The number of fused-ring (bicyclic) bond motifs is 1. The van der Waals surface area contributed by atoms with E-state index in [9.17, 15) is 4.79 Å². The molecule has 0 radical (unpaired) electrons. The van der Waals surface area contributed by atoms with E-state index in [0.717, 1.165) is 12.2 Å². The van der Waals surface area contributed by atoms with E-state index in [0.29, 0.717) is 17.8 Å². The summed E-state index contributed by atoms with van der Waals surface area (Å²) in [4.78, 5) is 10.4. The Balaban J connectivity index is 2.18. The summed E-state index contributed by atoms with van der Waals surface area (Å²) in [5, 5.41) is 0. The largest absolute Gasteiger partial charge is 0.303 e. The first-order chi connectivity index (χ1) is 5.66. The molecule has 1 fully saturated rings. The van der Waals surface area contributed by atoms with Crippen LogP contribution >= 0.6 is 0 Å². The van der Waals surface area contributed by atoms with Crippen LogP contribution in [0.3, 0.4) is 0 Å². The Hall–Kier alpha value is -0.590. The highest BCUT2D eigenvalue weighted by Crippen LogP contribution is 2.59. The van der Waals surface area contributed by atoms with E-state index < -0.39 is 0 Å². The van der Waals surface area contributed by atoms with Crippen molar-refractivity contribution in [2.75, 3.05) is 0 Å². The Morgan fingerprint density at radius 2 is 2.42 bits per heavy atom. The first-order valence-corrected chi connectivity index (χ1v) is 4.79. The number of allylic oxidation sites excluding steroid dienone is 2. The zero-order valence-corrected chi connectivity index (χ0v) is 7.84. The first-order valence-electron chi connectivity index (χ1n) is 4.79. The SMILES string of the molecule is CC1(C)[C@H]2CC=C(CC=O)[C@@H]1C2. The van der Waals surface area contributed by atoms with Crippen molar-refractivity contribution in [1.29, 1.82) is 0 Å². The predicted molar refractivity (Wildman–Crippen MR) is 48.8 cm³/mol. The molecule has 3 aliphatic carbocycles. The van der Waals surface area contributed by atoms with Crippen LogP contribution in [0.25, 0.3) is 0 Å². The van der Waals surface area contributed by atoms with Gasteiger partial charge in [0.15, 0.2) is 0 Å². The summed E-state index contributed by atoms with van der Waals surface area (Å²) in [5.41, 5.74) is 1.88. The lowest BCUT2D eigenvalue weighted by molar-refractivity contribution is -0.107. The molecule has 2 atom stereocenters. The van der Waals surface area contributed by atoms with E-state index in [2.05, 4.69) is 19.9 Å². The van der Waals surface area contributed by atoms with Crippen LogP contribution in [0.2, 0.25) is 0 Å². The fraction of sp³-hybridized carbons (Fsp3) is 0.727. The molecule has 1 saturated carbocycles. The van der Waals surface area contributed by atoms with Crippen LogP contribution < -0.4 is 0 Å². The fourth-order valence-electron chi connectivity index (χ4n) is 2.80. The standard InChI is InChI=1S/C11H16O/c1-11(2)9-4-3-8(5-6-12)10(11)7-9/h3,6,9-10H,4-5,7H2,1-2H3/t9-,10-/m0/s1. The van der Waals surface area contributed by atoms with Crippen LogP contribution in [0.1, 0.15) is 33.1 Å². The highest BCUT2D eigenvalue weighted by molar-refractivity contribution is 5.55. The van der Waals surface area contributed by atoms with Gasteiger partial charge in [-0.2, -0.15) is 0 Å². The van der Waals surface area contributed by atoms with Gasteiger partial charge in [0, 0.05) is 6.42 Å². The van der Waals surface area contributed by atoms with Gasteiger partial charge in [-0.25, -0.2) is 0 Å². The average molecular weight is 164 g/mol. The molecule has 1 heteroatoms. The van der Waals surface area contributed by atoms with Gasteiger partial charge in [-0.3, -0.25) is 0 Å². The van der Waals surface area contributed by atoms with Crippen LogP contribution in [0.15, 0.2) is 11.6 Å². The van der Waals surface area contributed by atoms with Gasteiger partial charge in [0.2, 0.25) is 0 Å². The Morgan fingerprint density at radius 1 is 1.67 bits per heavy atom. The van der Waals surface area contributed by atoms with Crippen molar-refractivity contribution in [3.63, 3.8) is 0 Å². The van der Waals surface area contributed by atoms with Crippen molar-refractivity contribution in [3.05, 3.63) is 11.6 Å². The molecule has 0 aromatic carbocycles. The Morgan fingerprint density at radius 3 is 2.92 bits per heavy atom. The average Bonchev–Trinajstić information content (AvgIpc) is 2.05. The molecule has 0 amide bonds. The summed E-state index contributed by atoms with van der Waals surface area (Å²) < 4.78 is 0. The third kappa shape index (κ3) is 0.886. The van der Waals surface area contributed by atoms with E-state index in [1.807, 2.05) is 0 Å². The molecule has 2 bridgehead atoms.